The third-order valence-electron chi connectivity index (χ3n) is 4.56. The topological polar surface area (TPSA) is 84.3 Å². The number of carbonyl (C=O) groups is 3. The van der Waals surface area contributed by atoms with E-state index in [1.54, 1.807) is 48.1 Å². The predicted molar refractivity (Wildman–Crippen MR) is 128 cm³/mol. The summed E-state index contributed by atoms with van der Waals surface area (Å²) in [6.07, 6.45) is 3.24. The molecule has 166 valence electrons. The van der Waals surface area contributed by atoms with Crippen molar-refractivity contribution in [2.24, 2.45) is 0 Å². The van der Waals surface area contributed by atoms with E-state index < -0.39 is 11.8 Å². The van der Waals surface area contributed by atoms with E-state index in [4.69, 9.17) is 23.2 Å². The van der Waals surface area contributed by atoms with Gasteiger partial charge in [0, 0.05) is 28.9 Å². The van der Waals surface area contributed by atoms with Gasteiger partial charge in [0.25, 0.3) is 11.8 Å². The summed E-state index contributed by atoms with van der Waals surface area (Å²) in [4.78, 5) is 43.2. The largest absolute Gasteiger partial charge is 0.334 e. The van der Waals surface area contributed by atoms with Crippen LogP contribution in [0.2, 0.25) is 10.0 Å². The number of benzene rings is 1. The molecule has 0 aliphatic heterocycles. The quantitative estimate of drug-likeness (QED) is 0.470. The molecule has 10 heteroatoms. The fourth-order valence-electron chi connectivity index (χ4n) is 3.20. The minimum atomic E-state index is -0.480. The van der Waals surface area contributed by atoms with E-state index in [1.807, 2.05) is 0 Å². The van der Waals surface area contributed by atoms with Crippen molar-refractivity contribution in [2.75, 3.05) is 18.9 Å². The highest BCUT2D eigenvalue weighted by Crippen LogP contribution is 2.29. The molecule has 3 rings (SSSR count). The van der Waals surface area contributed by atoms with Gasteiger partial charge in [0.15, 0.2) is 5.82 Å². The van der Waals surface area contributed by atoms with Crippen LogP contribution in [0.1, 0.15) is 33.3 Å². The summed E-state index contributed by atoms with van der Waals surface area (Å²) >= 11 is 15.8. The maximum absolute atomic E-state index is 13.3. The van der Waals surface area contributed by atoms with Gasteiger partial charge in [-0.15, -0.1) is 0 Å². The average Bonchev–Trinajstić information content (AvgIpc) is 3.10. The zero-order valence-corrected chi connectivity index (χ0v) is 20.5. The molecule has 0 bridgehead atoms. The standard InChI is InChI=1S/C22H19BrCl2N4O3/c1-12-7-15(24)9-16(22(32)28(3)10-13(2)30)19(12)27-21(31)18-8-14(23)11-29(18)20-17(25)5-4-6-26-20/h4-9,11H,10H2,1-3H3,(H,27,31). The van der Waals surface area contributed by atoms with Crippen LogP contribution in [0.15, 0.2) is 47.2 Å². The van der Waals surface area contributed by atoms with E-state index in [0.29, 0.717) is 31.6 Å². The summed E-state index contributed by atoms with van der Waals surface area (Å²) in [7, 11) is 1.51. The Balaban J connectivity index is 2.02. The Morgan fingerprint density at radius 3 is 2.59 bits per heavy atom. The van der Waals surface area contributed by atoms with E-state index in [2.05, 4.69) is 26.2 Å². The van der Waals surface area contributed by atoms with Crippen molar-refractivity contribution in [1.29, 1.82) is 0 Å². The van der Waals surface area contributed by atoms with Gasteiger partial charge in [0.05, 0.1) is 22.8 Å². The summed E-state index contributed by atoms with van der Waals surface area (Å²) in [5.41, 5.74) is 1.33. The summed E-state index contributed by atoms with van der Waals surface area (Å²) in [5, 5.41) is 3.52. The minimum Gasteiger partial charge on any atom is -0.334 e. The number of Topliss-reactive ketones (excluding diaryl/α,β-unsaturated/α-hetero) is 1. The second-order valence-electron chi connectivity index (χ2n) is 7.18. The van der Waals surface area contributed by atoms with E-state index in [0.717, 1.165) is 0 Å². The number of aromatic nitrogens is 2. The first-order chi connectivity index (χ1) is 15.1. The van der Waals surface area contributed by atoms with Crippen molar-refractivity contribution in [3.05, 3.63) is 74.1 Å². The third-order valence-corrected chi connectivity index (χ3v) is 5.51. The molecular formula is C22H19BrCl2N4O3. The van der Waals surface area contributed by atoms with Crippen molar-refractivity contribution >= 4 is 62.4 Å². The molecular weight excluding hydrogens is 519 g/mol. The third kappa shape index (κ3) is 5.20. The highest BCUT2D eigenvalue weighted by molar-refractivity contribution is 9.10. The van der Waals surface area contributed by atoms with Crippen LogP contribution in [-0.2, 0) is 4.79 Å². The van der Waals surface area contributed by atoms with Gasteiger partial charge in [-0.3, -0.25) is 19.0 Å². The minimum absolute atomic E-state index is 0.0637. The Bertz CT molecular complexity index is 1230. The Morgan fingerprint density at radius 1 is 1.22 bits per heavy atom. The number of likely N-dealkylation sites (N-methyl/N-ethyl adjacent to an activating group) is 1. The van der Waals surface area contributed by atoms with Crippen LogP contribution in [0.5, 0.6) is 0 Å². The van der Waals surface area contributed by atoms with Crippen LogP contribution >= 0.6 is 39.1 Å². The van der Waals surface area contributed by atoms with Gasteiger partial charge >= 0.3 is 0 Å². The smallest absolute Gasteiger partial charge is 0.272 e. The van der Waals surface area contributed by atoms with E-state index in [9.17, 15) is 14.4 Å². The maximum Gasteiger partial charge on any atom is 0.272 e. The molecule has 0 saturated heterocycles. The van der Waals surface area contributed by atoms with Crippen molar-refractivity contribution in [1.82, 2.24) is 14.5 Å². The molecule has 0 aliphatic rings. The zero-order chi connectivity index (χ0) is 23.6. The fourth-order valence-corrected chi connectivity index (χ4v) is 4.11. The van der Waals surface area contributed by atoms with E-state index in [1.165, 1.54) is 24.9 Å². The lowest BCUT2D eigenvalue weighted by Gasteiger charge is -2.20. The molecule has 1 N–H and O–H groups in total. The summed E-state index contributed by atoms with van der Waals surface area (Å²) in [6.45, 7) is 3.06. The highest BCUT2D eigenvalue weighted by atomic mass is 79.9. The molecule has 1 aromatic carbocycles. The molecule has 32 heavy (non-hydrogen) atoms. The lowest BCUT2D eigenvalue weighted by Crippen LogP contribution is -2.32. The lowest BCUT2D eigenvalue weighted by molar-refractivity contribution is -0.117. The highest BCUT2D eigenvalue weighted by Gasteiger charge is 2.23. The molecule has 0 spiro atoms. The molecule has 3 aromatic rings. The van der Waals surface area contributed by atoms with Crippen LogP contribution in [0.25, 0.3) is 5.82 Å². The van der Waals surface area contributed by atoms with Gasteiger partial charge in [-0.05, 0) is 65.7 Å². The van der Waals surface area contributed by atoms with Crippen LogP contribution in [-0.4, -0.2) is 45.6 Å². The van der Waals surface area contributed by atoms with E-state index in [-0.39, 0.29) is 23.6 Å². The first-order valence-electron chi connectivity index (χ1n) is 9.43. The number of pyridine rings is 1. The number of nitrogens with one attached hydrogen (secondary N) is 1. The van der Waals surface area contributed by atoms with Gasteiger partial charge in [0.1, 0.15) is 11.5 Å². The summed E-state index contributed by atoms with van der Waals surface area (Å²) in [5.74, 6) is -0.702. The molecule has 0 radical (unpaired) electrons. The Morgan fingerprint density at radius 2 is 1.94 bits per heavy atom. The number of aryl methyl sites for hydroxylation is 1. The van der Waals surface area contributed by atoms with Crippen LogP contribution in [0, 0.1) is 6.92 Å². The van der Waals surface area contributed by atoms with Gasteiger partial charge in [0.2, 0.25) is 0 Å². The fraction of sp³-hybridized carbons (Fsp3) is 0.182. The number of hydrogen-bond acceptors (Lipinski definition) is 4. The van der Waals surface area contributed by atoms with Crippen molar-refractivity contribution in [3.63, 3.8) is 0 Å². The van der Waals surface area contributed by atoms with Gasteiger partial charge in [-0.25, -0.2) is 4.98 Å². The normalized spacial score (nSPS) is 10.7. The number of amides is 2. The Kier molecular flexibility index (Phi) is 7.38. The summed E-state index contributed by atoms with van der Waals surface area (Å²) in [6, 6.07) is 8.09. The number of rotatable bonds is 6. The second kappa shape index (κ2) is 9.85. The van der Waals surface area contributed by atoms with E-state index >= 15 is 0 Å². The molecule has 2 aromatic heterocycles. The molecule has 2 amide bonds. The van der Waals surface area contributed by atoms with Crippen molar-refractivity contribution in [2.45, 2.75) is 13.8 Å². The number of nitrogens with zero attached hydrogens (tertiary/aromatic N) is 3. The molecule has 7 nitrogen and oxygen atoms in total. The van der Waals surface area contributed by atoms with Crippen molar-refractivity contribution < 1.29 is 14.4 Å². The molecule has 0 atom stereocenters. The van der Waals surface area contributed by atoms with Gasteiger partial charge in [-0.2, -0.15) is 0 Å². The number of ketones is 1. The first kappa shape index (κ1) is 24.0. The molecule has 0 unspecified atom stereocenters. The Hall–Kier alpha value is -2.68. The first-order valence-corrected chi connectivity index (χ1v) is 11.0. The van der Waals surface area contributed by atoms with Crippen molar-refractivity contribution in [3.8, 4) is 5.82 Å². The second-order valence-corrected chi connectivity index (χ2v) is 8.94. The monoisotopic (exact) mass is 536 g/mol. The van der Waals surface area contributed by atoms with Crippen LogP contribution in [0.3, 0.4) is 0 Å². The molecule has 2 heterocycles. The molecule has 0 saturated carbocycles. The number of halogens is 3. The van der Waals surface area contributed by atoms with Gasteiger partial charge < -0.3 is 10.2 Å². The Labute approximate surface area is 203 Å². The summed E-state index contributed by atoms with van der Waals surface area (Å²) < 4.78 is 2.20. The van der Waals surface area contributed by atoms with Crippen LogP contribution in [0.4, 0.5) is 5.69 Å². The maximum atomic E-state index is 13.3. The predicted octanol–water partition coefficient (Wildman–Crippen LogP) is 5.16. The van der Waals surface area contributed by atoms with Crippen LogP contribution < -0.4 is 5.32 Å². The average molecular weight is 538 g/mol. The molecule has 0 fully saturated rings. The zero-order valence-electron chi connectivity index (χ0n) is 17.4. The molecule has 0 aliphatic carbocycles. The lowest BCUT2D eigenvalue weighted by atomic mass is 10.1. The number of carbonyl (C=O) groups excluding carboxylic acids is 3. The van der Waals surface area contributed by atoms with Gasteiger partial charge in [-0.1, -0.05) is 23.2 Å². The SMILES string of the molecule is CC(=O)CN(C)C(=O)c1cc(Cl)cc(C)c1NC(=O)c1cc(Br)cn1-c1ncccc1Cl. The number of hydrogen-bond donors (Lipinski definition) is 1. The number of anilines is 1.